The summed E-state index contributed by atoms with van der Waals surface area (Å²) in [5.74, 6) is 0.517. The Labute approximate surface area is 56.0 Å². The SMILES string of the molecule is O=C1NCc2n[nH]nc2N1. The highest BCUT2D eigenvalue weighted by atomic mass is 16.2. The first kappa shape index (κ1) is 5.21. The third-order valence-corrected chi connectivity index (χ3v) is 1.27. The Morgan fingerprint density at radius 2 is 2.30 bits per heavy atom. The van der Waals surface area contributed by atoms with Crippen LogP contribution in [0.5, 0.6) is 0 Å². The van der Waals surface area contributed by atoms with Crippen molar-refractivity contribution in [2.45, 2.75) is 6.54 Å². The van der Waals surface area contributed by atoms with Crippen molar-refractivity contribution in [2.24, 2.45) is 0 Å². The Balaban J connectivity index is 2.39. The normalized spacial score (nSPS) is 15.4. The van der Waals surface area contributed by atoms with Gasteiger partial charge in [-0.25, -0.2) is 4.79 Å². The van der Waals surface area contributed by atoms with Gasteiger partial charge in [-0.2, -0.15) is 10.3 Å². The minimum atomic E-state index is -0.235. The highest BCUT2D eigenvalue weighted by molar-refractivity contribution is 5.90. The molecule has 3 N–H and O–H groups in total. The molecule has 0 atom stereocenters. The molecule has 10 heavy (non-hydrogen) atoms. The molecule has 0 unspecified atom stereocenters. The molecular formula is C4H5N5O. The van der Waals surface area contributed by atoms with Gasteiger partial charge in [0, 0.05) is 0 Å². The van der Waals surface area contributed by atoms with Crippen LogP contribution in [0, 0.1) is 0 Å². The number of anilines is 1. The fourth-order valence-corrected chi connectivity index (χ4v) is 0.792. The van der Waals surface area contributed by atoms with Crippen LogP contribution in [0.4, 0.5) is 10.6 Å². The number of rotatable bonds is 0. The van der Waals surface area contributed by atoms with Gasteiger partial charge in [0.1, 0.15) is 5.69 Å². The number of aromatic amines is 1. The number of nitrogens with one attached hydrogen (secondary N) is 3. The number of hydrogen-bond acceptors (Lipinski definition) is 3. The number of H-pyrrole nitrogens is 1. The minimum Gasteiger partial charge on any atom is -0.332 e. The van der Waals surface area contributed by atoms with Gasteiger partial charge in [0.15, 0.2) is 5.82 Å². The summed E-state index contributed by atoms with van der Waals surface area (Å²) in [4.78, 5) is 10.6. The number of nitrogens with zero attached hydrogens (tertiary/aromatic N) is 2. The van der Waals surface area contributed by atoms with E-state index < -0.39 is 0 Å². The molecule has 1 aromatic heterocycles. The van der Waals surface area contributed by atoms with Gasteiger partial charge in [-0.05, 0) is 0 Å². The van der Waals surface area contributed by atoms with Crippen molar-refractivity contribution in [3.63, 3.8) is 0 Å². The smallest absolute Gasteiger partial charge is 0.320 e. The van der Waals surface area contributed by atoms with Gasteiger partial charge in [-0.15, -0.1) is 5.10 Å². The van der Waals surface area contributed by atoms with Crippen LogP contribution in [-0.4, -0.2) is 21.4 Å². The average Bonchev–Trinajstić information content (AvgIpc) is 2.33. The Morgan fingerprint density at radius 1 is 1.40 bits per heavy atom. The van der Waals surface area contributed by atoms with Gasteiger partial charge in [0.25, 0.3) is 0 Å². The Kier molecular flexibility index (Phi) is 0.883. The third-order valence-electron chi connectivity index (χ3n) is 1.27. The standard InChI is InChI=1S/C4H5N5O/c10-4-5-1-2-3(6-4)8-9-7-2/h1H2,(H3,5,6,7,8,9,10). The first-order valence-corrected chi connectivity index (χ1v) is 2.81. The maximum absolute atomic E-state index is 10.6. The largest absolute Gasteiger partial charge is 0.332 e. The van der Waals surface area contributed by atoms with Gasteiger partial charge >= 0.3 is 6.03 Å². The zero-order chi connectivity index (χ0) is 6.97. The fraction of sp³-hybridized carbons (Fsp3) is 0.250. The molecule has 0 aromatic carbocycles. The van der Waals surface area contributed by atoms with Crippen LogP contribution < -0.4 is 10.6 Å². The molecule has 2 rings (SSSR count). The number of hydrogen-bond donors (Lipinski definition) is 3. The highest BCUT2D eigenvalue weighted by Crippen LogP contribution is 2.09. The molecule has 0 aliphatic carbocycles. The van der Waals surface area contributed by atoms with Crippen molar-refractivity contribution in [1.29, 1.82) is 0 Å². The average molecular weight is 139 g/mol. The van der Waals surface area contributed by atoms with E-state index in [1.165, 1.54) is 0 Å². The summed E-state index contributed by atoms with van der Waals surface area (Å²) in [7, 11) is 0. The molecule has 2 heterocycles. The molecule has 2 amide bonds. The Morgan fingerprint density at radius 3 is 3.20 bits per heavy atom. The molecule has 6 nitrogen and oxygen atoms in total. The lowest BCUT2D eigenvalue weighted by Crippen LogP contribution is -2.33. The van der Waals surface area contributed by atoms with E-state index in [0.717, 1.165) is 5.69 Å². The second kappa shape index (κ2) is 1.69. The molecule has 0 spiro atoms. The van der Waals surface area contributed by atoms with E-state index in [4.69, 9.17) is 0 Å². The molecule has 0 radical (unpaired) electrons. The highest BCUT2D eigenvalue weighted by Gasteiger charge is 2.16. The van der Waals surface area contributed by atoms with Gasteiger partial charge in [-0.3, -0.25) is 5.32 Å². The summed E-state index contributed by atoms with van der Waals surface area (Å²) in [6.07, 6.45) is 0. The molecule has 0 saturated carbocycles. The lowest BCUT2D eigenvalue weighted by atomic mass is 10.4. The van der Waals surface area contributed by atoms with E-state index >= 15 is 0 Å². The van der Waals surface area contributed by atoms with Crippen LogP contribution in [0.2, 0.25) is 0 Å². The van der Waals surface area contributed by atoms with E-state index in [9.17, 15) is 4.79 Å². The van der Waals surface area contributed by atoms with Crippen molar-refractivity contribution in [3.8, 4) is 0 Å². The maximum atomic E-state index is 10.6. The molecule has 1 aliphatic rings. The molecule has 0 fully saturated rings. The van der Waals surface area contributed by atoms with Crippen molar-refractivity contribution >= 4 is 11.8 Å². The second-order valence-electron chi connectivity index (χ2n) is 1.93. The molecule has 52 valence electrons. The van der Waals surface area contributed by atoms with Gasteiger partial charge in [-0.1, -0.05) is 0 Å². The zero-order valence-corrected chi connectivity index (χ0v) is 5.01. The Hall–Kier alpha value is -1.59. The molecule has 0 saturated heterocycles. The molecular weight excluding hydrogens is 134 g/mol. The summed E-state index contributed by atoms with van der Waals surface area (Å²) in [6.45, 7) is 0.442. The van der Waals surface area contributed by atoms with Gasteiger partial charge < -0.3 is 5.32 Å². The van der Waals surface area contributed by atoms with Crippen LogP contribution in [0.3, 0.4) is 0 Å². The van der Waals surface area contributed by atoms with Crippen LogP contribution >= 0.6 is 0 Å². The summed E-state index contributed by atoms with van der Waals surface area (Å²) in [5, 5.41) is 14.9. The predicted octanol–water partition coefficient (Wildman–Crippen LogP) is -0.560. The molecule has 1 aromatic rings. The number of aromatic nitrogens is 3. The quantitative estimate of drug-likeness (QED) is 0.450. The van der Waals surface area contributed by atoms with Crippen LogP contribution in [-0.2, 0) is 6.54 Å². The zero-order valence-electron chi connectivity index (χ0n) is 5.01. The van der Waals surface area contributed by atoms with Crippen LogP contribution in [0.15, 0.2) is 0 Å². The number of carbonyl (C=O) groups excluding carboxylic acids is 1. The number of fused-ring (bicyclic) bond motifs is 1. The van der Waals surface area contributed by atoms with E-state index in [1.807, 2.05) is 0 Å². The van der Waals surface area contributed by atoms with Crippen molar-refractivity contribution in [2.75, 3.05) is 5.32 Å². The Bertz CT molecular complexity index is 266. The monoisotopic (exact) mass is 139 g/mol. The van der Waals surface area contributed by atoms with E-state index in [-0.39, 0.29) is 6.03 Å². The lowest BCUT2D eigenvalue weighted by molar-refractivity contribution is 0.250. The van der Waals surface area contributed by atoms with E-state index in [1.54, 1.807) is 0 Å². The van der Waals surface area contributed by atoms with Crippen molar-refractivity contribution in [1.82, 2.24) is 20.7 Å². The number of carbonyl (C=O) groups is 1. The second-order valence-corrected chi connectivity index (χ2v) is 1.93. The number of urea groups is 1. The summed E-state index contributed by atoms with van der Waals surface area (Å²) >= 11 is 0. The third kappa shape index (κ3) is 0.619. The fourth-order valence-electron chi connectivity index (χ4n) is 0.792. The molecule has 6 heteroatoms. The number of amides is 2. The van der Waals surface area contributed by atoms with Crippen LogP contribution in [0.25, 0.3) is 0 Å². The van der Waals surface area contributed by atoms with Gasteiger partial charge in [0.2, 0.25) is 0 Å². The first-order valence-electron chi connectivity index (χ1n) is 2.81. The maximum Gasteiger partial charge on any atom is 0.320 e. The summed E-state index contributed by atoms with van der Waals surface area (Å²) in [5.41, 5.74) is 0.736. The first-order chi connectivity index (χ1) is 4.86. The predicted molar refractivity (Wildman–Crippen MR) is 32.2 cm³/mol. The summed E-state index contributed by atoms with van der Waals surface area (Å²) in [6, 6.07) is -0.235. The topological polar surface area (TPSA) is 82.7 Å². The molecule has 0 bridgehead atoms. The lowest BCUT2D eigenvalue weighted by Gasteiger charge is -2.09. The summed E-state index contributed by atoms with van der Waals surface area (Å²) < 4.78 is 0. The van der Waals surface area contributed by atoms with E-state index in [2.05, 4.69) is 26.0 Å². The van der Waals surface area contributed by atoms with Crippen molar-refractivity contribution < 1.29 is 4.79 Å². The van der Waals surface area contributed by atoms with E-state index in [0.29, 0.717) is 12.4 Å². The van der Waals surface area contributed by atoms with Crippen molar-refractivity contribution in [3.05, 3.63) is 5.69 Å². The minimum absolute atomic E-state index is 0.235. The van der Waals surface area contributed by atoms with Gasteiger partial charge in [0.05, 0.1) is 6.54 Å². The molecule has 1 aliphatic heterocycles. The van der Waals surface area contributed by atoms with Crippen LogP contribution in [0.1, 0.15) is 5.69 Å².